The number of benzene rings is 1. The molecule has 1 heterocycles. The van der Waals surface area contributed by atoms with Gasteiger partial charge in [-0.15, -0.1) is 0 Å². The minimum absolute atomic E-state index is 0.0255. The van der Waals surface area contributed by atoms with Crippen molar-refractivity contribution in [2.45, 2.75) is 6.18 Å². The molecule has 0 fully saturated rings. The molecule has 0 aliphatic carbocycles. The average Bonchev–Trinajstić information content (AvgIpc) is 2.37. The summed E-state index contributed by atoms with van der Waals surface area (Å²) in [5, 5.41) is 0.0255. The number of rotatable bonds is 2. The minimum Gasteiger partial charge on any atom is -0.298 e. The van der Waals surface area contributed by atoms with Gasteiger partial charge in [0.15, 0.2) is 6.29 Å². The number of carbonyl (C=O) groups excluding carboxylic acids is 1. The molecule has 1 aromatic carbocycles. The second-order valence-corrected chi connectivity index (χ2v) is 4.12. The Kier molecular flexibility index (Phi) is 3.57. The highest BCUT2D eigenvalue weighted by molar-refractivity contribution is 6.29. The molecular formula is C13H7ClF3NO. The normalized spacial score (nSPS) is 11.4. The molecule has 0 aliphatic rings. The molecule has 0 unspecified atom stereocenters. The lowest BCUT2D eigenvalue weighted by molar-refractivity contribution is -0.137. The second-order valence-electron chi connectivity index (χ2n) is 3.73. The van der Waals surface area contributed by atoms with Crippen LogP contribution in [0.2, 0.25) is 5.15 Å². The summed E-state index contributed by atoms with van der Waals surface area (Å²) in [6, 6.07) is 7.61. The summed E-state index contributed by atoms with van der Waals surface area (Å²) in [5.41, 5.74) is -1.04. The molecular weight excluding hydrogens is 279 g/mol. The maximum absolute atomic E-state index is 12.9. The van der Waals surface area contributed by atoms with Crippen molar-refractivity contribution in [2.24, 2.45) is 0 Å². The van der Waals surface area contributed by atoms with Gasteiger partial charge in [0.25, 0.3) is 0 Å². The fourth-order valence-electron chi connectivity index (χ4n) is 1.69. The Morgan fingerprint density at radius 2 is 1.79 bits per heavy atom. The van der Waals surface area contributed by atoms with E-state index in [0.29, 0.717) is 6.29 Å². The number of carbonyl (C=O) groups is 1. The first-order valence-electron chi connectivity index (χ1n) is 5.22. The molecule has 0 atom stereocenters. The van der Waals surface area contributed by atoms with E-state index in [0.717, 1.165) is 6.07 Å². The van der Waals surface area contributed by atoms with E-state index in [2.05, 4.69) is 4.98 Å². The number of aromatic nitrogens is 1. The summed E-state index contributed by atoms with van der Waals surface area (Å²) in [6.07, 6.45) is -4.08. The Morgan fingerprint density at radius 1 is 1.11 bits per heavy atom. The predicted molar refractivity (Wildman–Crippen MR) is 65.1 cm³/mol. The first-order valence-corrected chi connectivity index (χ1v) is 5.59. The molecule has 2 aromatic rings. The molecule has 0 bridgehead atoms. The smallest absolute Gasteiger partial charge is 0.298 e. The van der Waals surface area contributed by atoms with Gasteiger partial charge in [0.1, 0.15) is 5.15 Å². The van der Waals surface area contributed by atoms with Crippen molar-refractivity contribution in [3.8, 4) is 11.3 Å². The summed E-state index contributed by atoms with van der Waals surface area (Å²) in [6.45, 7) is 0. The van der Waals surface area contributed by atoms with Crippen LogP contribution in [0.4, 0.5) is 13.2 Å². The molecule has 0 saturated heterocycles. The van der Waals surface area contributed by atoms with Gasteiger partial charge >= 0.3 is 6.18 Å². The highest BCUT2D eigenvalue weighted by atomic mass is 35.5. The summed E-state index contributed by atoms with van der Waals surface area (Å²) < 4.78 is 38.8. The van der Waals surface area contributed by atoms with Crippen LogP contribution in [0, 0.1) is 0 Å². The first-order chi connectivity index (χ1) is 8.93. The summed E-state index contributed by atoms with van der Waals surface area (Å²) in [5.74, 6) is 0. The molecule has 6 heteroatoms. The number of hydrogen-bond donors (Lipinski definition) is 0. The zero-order chi connectivity index (χ0) is 14.0. The Hall–Kier alpha value is -1.88. The largest absolute Gasteiger partial charge is 0.417 e. The molecule has 2 nitrogen and oxygen atoms in total. The number of pyridine rings is 1. The fraction of sp³-hybridized carbons (Fsp3) is 0.0769. The Labute approximate surface area is 111 Å². The molecule has 0 amide bonds. The molecule has 1 aromatic heterocycles. The van der Waals surface area contributed by atoms with Crippen molar-refractivity contribution >= 4 is 17.9 Å². The number of alkyl halides is 3. The molecule has 19 heavy (non-hydrogen) atoms. The zero-order valence-corrected chi connectivity index (χ0v) is 10.2. The van der Waals surface area contributed by atoms with Gasteiger partial charge in [-0.2, -0.15) is 13.2 Å². The lowest BCUT2D eigenvalue weighted by atomic mass is 10.0. The van der Waals surface area contributed by atoms with Crippen LogP contribution in [0.1, 0.15) is 15.9 Å². The van der Waals surface area contributed by atoms with Crippen LogP contribution in [0.25, 0.3) is 11.3 Å². The van der Waals surface area contributed by atoms with E-state index in [1.165, 1.54) is 30.3 Å². The van der Waals surface area contributed by atoms with Gasteiger partial charge in [-0.1, -0.05) is 29.8 Å². The third-order valence-corrected chi connectivity index (χ3v) is 2.72. The van der Waals surface area contributed by atoms with Crippen LogP contribution in [0.3, 0.4) is 0 Å². The van der Waals surface area contributed by atoms with Crippen LogP contribution < -0.4 is 0 Å². The van der Waals surface area contributed by atoms with Gasteiger partial charge in [0, 0.05) is 11.1 Å². The lowest BCUT2D eigenvalue weighted by Crippen LogP contribution is -2.08. The zero-order valence-electron chi connectivity index (χ0n) is 9.41. The predicted octanol–water partition coefficient (Wildman–Crippen LogP) is 4.23. The molecule has 0 aliphatic heterocycles. The van der Waals surface area contributed by atoms with E-state index in [1.54, 1.807) is 0 Å². The quantitative estimate of drug-likeness (QED) is 0.610. The van der Waals surface area contributed by atoms with Gasteiger partial charge < -0.3 is 0 Å². The highest BCUT2D eigenvalue weighted by Gasteiger charge is 2.34. The van der Waals surface area contributed by atoms with Crippen molar-refractivity contribution in [1.29, 1.82) is 0 Å². The standard InChI is InChI=1S/C13H7ClF3NO/c14-11-6-5-8(7-19)12(18-11)9-3-1-2-4-10(9)13(15,16)17/h1-7H. The third kappa shape index (κ3) is 2.76. The number of halogens is 4. The third-order valence-electron chi connectivity index (χ3n) is 2.51. The SMILES string of the molecule is O=Cc1ccc(Cl)nc1-c1ccccc1C(F)(F)F. The topological polar surface area (TPSA) is 30.0 Å². The minimum atomic E-state index is -4.53. The van der Waals surface area contributed by atoms with Crippen LogP contribution >= 0.6 is 11.6 Å². The lowest BCUT2D eigenvalue weighted by Gasteiger charge is -2.13. The highest BCUT2D eigenvalue weighted by Crippen LogP contribution is 2.37. The molecule has 2 rings (SSSR count). The van der Waals surface area contributed by atoms with E-state index < -0.39 is 11.7 Å². The van der Waals surface area contributed by atoms with Gasteiger partial charge in [0.05, 0.1) is 11.3 Å². The Balaban J connectivity index is 2.72. The summed E-state index contributed by atoms with van der Waals surface area (Å²) in [4.78, 5) is 14.7. The van der Waals surface area contributed by atoms with Crippen molar-refractivity contribution < 1.29 is 18.0 Å². The van der Waals surface area contributed by atoms with Crippen molar-refractivity contribution in [3.63, 3.8) is 0 Å². The van der Waals surface area contributed by atoms with Gasteiger partial charge in [0.2, 0.25) is 0 Å². The maximum atomic E-state index is 12.9. The van der Waals surface area contributed by atoms with Crippen molar-refractivity contribution in [1.82, 2.24) is 4.98 Å². The molecule has 0 spiro atoms. The van der Waals surface area contributed by atoms with Crippen LogP contribution in [-0.4, -0.2) is 11.3 Å². The Bertz CT molecular complexity index is 626. The van der Waals surface area contributed by atoms with E-state index in [4.69, 9.17) is 11.6 Å². The number of hydrogen-bond acceptors (Lipinski definition) is 2. The van der Waals surface area contributed by atoms with Gasteiger partial charge in [-0.3, -0.25) is 4.79 Å². The van der Waals surface area contributed by atoms with Crippen molar-refractivity contribution in [2.75, 3.05) is 0 Å². The molecule has 0 saturated carbocycles. The van der Waals surface area contributed by atoms with Gasteiger partial charge in [-0.25, -0.2) is 4.98 Å². The second kappa shape index (κ2) is 5.01. The van der Waals surface area contributed by atoms with Crippen LogP contribution in [0.5, 0.6) is 0 Å². The maximum Gasteiger partial charge on any atom is 0.417 e. The van der Waals surface area contributed by atoms with E-state index >= 15 is 0 Å². The molecule has 98 valence electrons. The summed E-state index contributed by atoms with van der Waals surface area (Å²) in [7, 11) is 0. The monoisotopic (exact) mass is 285 g/mol. The van der Waals surface area contributed by atoms with Crippen LogP contribution in [0.15, 0.2) is 36.4 Å². The van der Waals surface area contributed by atoms with E-state index in [1.807, 2.05) is 0 Å². The van der Waals surface area contributed by atoms with E-state index in [-0.39, 0.29) is 22.0 Å². The van der Waals surface area contributed by atoms with E-state index in [9.17, 15) is 18.0 Å². The molecule has 0 radical (unpaired) electrons. The van der Waals surface area contributed by atoms with Crippen LogP contribution in [-0.2, 0) is 6.18 Å². The average molecular weight is 286 g/mol. The van der Waals surface area contributed by atoms with Gasteiger partial charge in [-0.05, 0) is 18.2 Å². The first kappa shape index (κ1) is 13.5. The number of nitrogens with zero attached hydrogens (tertiary/aromatic N) is 1. The van der Waals surface area contributed by atoms with Crippen molar-refractivity contribution in [3.05, 3.63) is 52.7 Å². The number of aldehydes is 1. The molecule has 0 N–H and O–H groups in total. The Morgan fingerprint density at radius 3 is 2.42 bits per heavy atom. The summed E-state index contributed by atoms with van der Waals surface area (Å²) >= 11 is 5.68. The fourth-order valence-corrected chi connectivity index (χ4v) is 1.84.